The number of imidazole rings is 3. The predicted octanol–water partition coefficient (Wildman–Crippen LogP) is -5.66. The number of H-pyrrole nitrogens is 5. The van der Waals surface area contributed by atoms with Gasteiger partial charge in [-0.05, 0) is 34.6 Å². The molecule has 0 radical (unpaired) electrons. The van der Waals surface area contributed by atoms with E-state index in [0.717, 1.165) is 61.3 Å². The van der Waals surface area contributed by atoms with Crippen LogP contribution in [-0.4, -0.2) is 289 Å². The van der Waals surface area contributed by atoms with Gasteiger partial charge < -0.3 is 170 Å². The van der Waals surface area contributed by atoms with Gasteiger partial charge in [0.15, 0.2) is 65.5 Å². The first-order valence-corrected chi connectivity index (χ1v) is 55.9. The predicted molar refractivity (Wildman–Crippen MR) is 482 cm³/mol. The maximum atomic E-state index is 15.3. The molecule has 0 spiro atoms. The van der Waals surface area contributed by atoms with Gasteiger partial charge in [0.1, 0.15) is 129 Å². The molecule has 784 valence electrons. The first-order valence-electron chi connectivity index (χ1n) is 42.8. The zero-order valence-corrected chi connectivity index (χ0v) is 84.0. The number of rotatable bonds is 43. The second-order valence-electron chi connectivity index (χ2n) is 33.5. The topological polar surface area (TPSA) is 822 Å². The van der Waals surface area contributed by atoms with Gasteiger partial charge in [-0.2, -0.15) is 9.97 Å². The van der Waals surface area contributed by atoms with Crippen molar-refractivity contribution < 1.29 is 154 Å². The van der Waals surface area contributed by atoms with Crippen LogP contribution in [0, 0.1) is 20.8 Å². The maximum Gasteiger partial charge on any atom is 0.330 e. The Labute approximate surface area is 820 Å². The summed E-state index contributed by atoms with van der Waals surface area (Å²) >= 11 is 21.6. The minimum Gasteiger partial charge on any atom is -0.780 e. The molecule has 4 bridgehead atoms. The number of anilines is 3. The summed E-state index contributed by atoms with van der Waals surface area (Å²) in [7, 11) is -8.83. The number of ether oxygens (including phenoxy) is 12. The van der Waals surface area contributed by atoms with Gasteiger partial charge in [0.25, 0.3) is 43.4 Å². The van der Waals surface area contributed by atoms with Gasteiger partial charge >= 0.3 is 17.1 Å². The Balaban J connectivity index is 0.649. The molecule has 9 aromatic rings. The van der Waals surface area contributed by atoms with E-state index in [1.165, 1.54) is 65.9 Å². The van der Waals surface area contributed by atoms with Crippen LogP contribution in [0.3, 0.4) is 0 Å². The third-order valence-electron chi connectivity index (χ3n) is 24.5. The Morgan fingerprint density at radius 2 is 0.909 bits per heavy atom. The molecule has 0 aliphatic carbocycles. The van der Waals surface area contributed by atoms with Crippen LogP contribution < -0.4 is 86.5 Å². The number of nitrogens with zero attached hydrogens (tertiary/aromatic N) is 13. The van der Waals surface area contributed by atoms with E-state index in [2.05, 4.69) is 59.8 Å². The van der Waals surface area contributed by atoms with E-state index in [1.54, 1.807) is 0 Å². The standard InChI is InChI=1S/C71H95N21O41P6S4/c1-28-15-87(67(99)84-56(28)94)39-13-33(128-136(106,140)112-8)36(122-39)19-116-137(107,141)129-34-14-40(88-16-29(2)57(95)85-68(88)100)123-37(34)20-117-138(108,142)133-51-49-64(92-27-79-43-55(92)81-66(74)83-60(43)98)126-70(51,31(4)121-49)22-118-135(104,105)130-45-38(125-61(47(45)114-12-10-111-7)89-17-30(3)58(96)86-69(89)101)21-115-134(102,103)132-50-48-63(91-26-78-42-54(91)80-65(73)82-59(42)97)127-71(50,32(5)120-48)23-119-139(109,143)131-44-35(18-93)124-62(46(44)113-11-9-110-6)90-25-77-41-52(72)75-24-76-53(41)90/h15-17,24-27,31-40,44-51,61-64,93H,9-14,18-23H2,1-8H3,(H,102,103)(H,104,105)(H,106,140)(H,107,141)(H,108,142)(H,109,143)(H2,72,75,76)(H,84,94,99)(H,85,95,100)(H,86,96,101)(H3,73,80,82,97)(H3,74,81,83,98)/p-6/t31-,32-,33?,34?,35+,36+,37+,38+,39+,40+,44?,45?,46-,47-,48-,49-,50?,51?,61+,62+,63+,64+,70-,71-,136?,137?,138?,139?/m0/s1. The van der Waals surface area contributed by atoms with Crippen LogP contribution in [0.1, 0.15) is 80.7 Å². The zero-order chi connectivity index (χ0) is 103. The maximum absolute atomic E-state index is 15.3. The number of aromatic nitrogens is 18. The molecule has 8 aliphatic rings. The fraction of sp³-hybridized carbons (Fsp3) is 0.620. The van der Waals surface area contributed by atoms with Crippen molar-refractivity contribution in [3.8, 4) is 0 Å². The first kappa shape index (κ1) is 107. The van der Waals surface area contributed by atoms with Gasteiger partial charge in [-0.3, -0.25) is 90.0 Å². The van der Waals surface area contributed by atoms with Crippen molar-refractivity contribution in [2.75, 3.05) is 105 Å². The van der Waals surface area contributed by atoms with Gasteiger partial charge in [-0.15, -0.1) is 0 Å². The molecule has 8 saturated heterocycles. The summed E-state index contributed by atoms with van der Waals surface area (Å²) in [6.07, 6.45) is -29.4. The lowest BCUT2D eigenvalue weighted by atomic mass is 9.94. The number of hydrogen-bond acceptors (Lipinski definition) is 55. The van der Waals surface area contributed by atoms with Crippen LogP contribution in [-0.2, 0) is 172 Å². The van der Waals surface area contributed by atoms with Crippen molar-refractivity contribution in [2.24, 2.45) is 0 Å². The van der Waals surface area contributed by atoms with E-state index in [0.29, 0.717) is 0 Å². The van der Waals surface area contributed by atoms with Crippen LogP contribution in [0.2, 0.25) is 0 Å². The molecule has 143 heavy (non-hydrogen) atoms. The molecular formula is C71H89N21O41P6S4-6. The van der Waals surface area contributed by atoms with Gasteiger partial charge in [-0.25, -0.2) is 39.3 Å². The number of fused-ring (bicyclic) bond motifs is 7. The van der Waals surface area contributed by atoms with Crippen molar-refractivity contribution in [3.63, 3.8) is 0 Å². The SMILES string of the molecule is COCCO[C@H]1C(OP(=O)([O-])OC[C@]23O[C@@H](n4cnc5c(=O)[nH]c(N)nc54)[C@@H](O[C@H]2C)C3OP([O-])(=S)OC[C@H]2O[C@@H](n3cc(C)c(=O)[nH]c3=O)CC2OP(=O)([S-])OC[C@H]2O[C@@H](n3cc(C)c(=O)[nH]c3=O)CC2OP([O-])(=S)OC)[C@@H](COP(=O)([O-])OC2[C@@H]3O[C@@H](C)[C@]2(COP([O-])(=S)OC2[C@@H](CO)O[C@@H](n4cnc5c(N)ncnc54)[C@H]2OCCOC)O[C@H]3n2cnc3c(=O)[nH]c(N)nc32)O[C@H]1n1cc(C)c(=O)[nH]c1=O. The van der Waals surface area contributed by atoms with Crippen molar-refractivity contribution in [3.05, 3.63) is 144 Å². The van der Waals surface area contributed by atoms with Gasteiger partial charge in [-0.1, -0.05) is 35.4 Å². The molecule has 12 N–H and O–H groups in total. The summed E-state index contributed by atoms with van der Waals surface area (Å²) < 4.78 is 195. The average Bonchev–Trinajstić information content (AvgIpc) is 1.54. The highest BCUT2D eigenvalue weighted by Crippen LogP contribution is 2.62. The minimum atomic E-state index is -6.28. The lowest BCUT2D eigenvalue weighted by Gasteiger charge is -2.40. The highest BCUT2D eigenvalue weighted by molar-refractivity contribution is 8.32. The second-order valence-corrected chi connectivity index (χ2v) is 47.1. The summed E-state index contributed by atoms with van der Waals surface area (Å²) in [6, 6.07) is 0. The molecule has 0 aromatic carbocycles. The Morgan fingerprint density at radius 3 is 1.43 bits per heavy atom. The monoisotopic (exact) mass is 2210 g/mol. The molecule has 30 atom stereocenters. The fourth-order valence-electron chi connectivity index (χ4n) is 17.6. The third-order valence-corrected chi connectivity index (χ3v) is 32.7. The molecular weight excluding hydrogens is 2120 g/mol. The average molecular weight is 2210 g/mol. The van der Waals surface area contributed by atoms with Crippen LogP contribution in [0.15, 0.2) is 82.3 Å². The molecule has 17 rings (SSSR count). The molecule has 12 unspecified atom stereocenters. The third kappa shape index (κ3) is 21.9. The quantitative estimate of drug-likeness (QED) is 0.00977. The number of aromatic amines is 5. The summed E-state index contributed by atoms with van der Waals surface area (Å²) in [4.78, 5) is 219. The second kappa shape index (κ2) is 41.8. The minimum absolute atomic E-state index is 0.0108. The van der Waals surface area contributed by atoms with Gasteiger partial charge in [0, 0.05) is 69.5 Å². The van der Waals surface area contributed by atoms with Crippen LogP contribution in [0.4, 0.5) is 17.7 Å². The number of methoxy groups -OCH3 is 2. The van der Waals surface area contributed by atoms with Crippen molar-refractivity contribution in [1.82, 2.24) is 87.2 Å². The molecule has 8 fully saturated rings. The Bertz CT molecular complexity index is 7160. The zero-order valence-electron chi connectivity index (χ0n) is 75.4. The number of nitrogens with two attached hydrogens (primary N) is 3. The van der Waals surface area contributed by atoms with Crippen molar-refractivity contribution in [1.29, 1.82) is 0 Å². The number of phosphoric ester groups is 2. The summed E-state index contributed by atoms with van der Waals surface area (Å²) in [5.41, 5.74) is 5.02. The van der Waals surface area contributed by atoms with E-state index in [-0.39, 0.29) is 82.2 Å². The lowest BCUT2D eigenvalue weighted by Crippen LogP contribution is -2.51. The molecule has 62 nitrogen and oxygen atoms in total. The number of aliphatic hydroxyl groups is 1. The number of aryl methyl sites for hydroxylation is 3. The highest BCUT2D eigenvalue weighted by atomic mass is 32.7. The van der Waals surface area contributed by atoms with Crippen LogP contribution in [0.5, 0.6) is 0 Å². The van der Waals surface area contributed by atoms with Gasteiger partial charge in [0.2, 0.25) is 11.9 Å². The highest BCUT2D eigenvalue weighted by Gasteiger charge is 2.70. The Hall–Kier alpha value is -7.52. The molecule has 17 heterocycles. The molecule has 9 aromatic heterocycles. The molecule has 0 saturated carbocycles. The fourth-order valence-corrected chi connectivity index (χ4v) is 24.8. The van der Waals surface area contributed by atoms with E-state index < -0.39 is 298 Å². The Morgan fingerprint density at radius 1 is 0.469 bits per heavy atom. The number of aliphatic hydroxyl groups excluding tert-OH is 1. The molecule has 72 heteroatoms. The molecule has 0 amide bonds. The lowest BCUT2D eigenvalue weighted by molar-refractivity contribution is -0.252. The first-order chi connectivity index (χ1) is 67.6. The molecule has 8 aliphatic heterocycles. The number of phosphoric acid groups is 2. The number of nitrogen functional groups attached to an aromatic ring is 3. The number of nitrogens with one attached hydrogen (secondary N) is 5. The van der Waals surface area contributed by atoms with E-state index in [1.807, 2.05) is 0 Å². The van der Waals surface area contributed by atoms with E-state index in [4.69, 9.17) is 176 Å². The van der Waals surface area contributed by atoms with Crippen molar-refractivity contribution >= 4 is 141 Å². The van der Waals surface area contributed by atoms with Crippen molar-refractivity contribution in [2.45, 2.75) is 194 Å². The van der Waals surface area contributed by atoms with Crippen LogP contribution >= 0.6 is 42.6 Å². The largest absolute Gasteiger partial charge is 0.780 e. The van der Waals surface area contributed by atoms with E-state index >= 15 is 28.7 Å². The van der Waals surface area contributed by atoms with Gasteiger partial charge in [0.05, 0.1) is 109 Å². The van der Waals surface area contributed by atoms with E-state index in [9.17, 15) is 52.9 Å². The normalized spacial score (nSPS) is 32.1. The van der Waals surface area contributed by atoms with Crippen LogP contribution in [0.25, 0.3) is 33.5 Å². The smallest absolute Gasteiger partial charge is 0.330 e. The summed E-state index contributed by atoms with van der Waals surface area (Å²) in [5, 5.41) is 10.8. The number of hydrogen-bond donors (Lipinski definition) is 9. The summed E-state index contributed by atoms with van der Waals surface area (Å²) in [6.45, 7) is -20.4. The summed E-state index contributed by atoms with van der Waals surface area (Å²) in [5.74, 6) is -0.882. The Kier molecular flexibility index (Phi) is 31.2.